The highest BCUT2D eigenvalue weighted by Gasteiger charge is 1.93. The summed E-state index contributed by atoms with van der Waals surface area (Å²) >= 11 is 2.17. The van der Waals surface area contributed by atoms with Crippen LogP contribution >= 0.6 is 22.6 Å². The van der Waals surface area contributed by atoms with Crippen LogP contribution in [0.4, 0.5) is 5.82 Å². The molecule has 1 N–H and O–H groups in total. The Bertz CT molecular complexity index is 201. The molecule has 0 saturated carbocycles. The summed E-state index contributed by atoms with van der Waals surface area (Å²) in [5.41, 5.74) is 0. The molecule has 0 atom stereocenters. The van der Waals surface area contributed by atoms with Gasteiger partial charge in [-0.15, -0.1) is 0 Å². The van der Waals surface area contributed by atoms with Gasteiger partial charge in [0.2, 0.25) is 0 Å². The molecule has 0 bridgehead atoms. The second-order valence-corrected chi connectivity index (χ2v) is 2.63. The Balaban J connectivity index is 3.01. The number of halogens is 1. The molecule has 0 aliphatic heterocycles. The van der Waals surface area contributed by atoms with Gasteiger partial charge in [-0.1, -0.05) is 0 Å². The first kappa shape index (κ1) is 6.73. The van der Waals surface area contributed by atoms with E-state index in [4.69, 9.17) is 0 Å². The molecule has 0 fully saturated rings. The second kappa shape index (κ2) is 2.95. The predicted octanol–water partition coefficient (Wildman–Crippen LogP) is 1.12. The highest BCUT2D eigenvalue weighted by molar-refractivity contribution is 14.1. The Morgan fingerprint density at radius 3 is 2.89 bits per heavy atom. The van der Waals surface area contributed by atoms with E-state index in [0.717, 1.165) is 9.39 Å². The second-order valence-electron chi connectivity index (χ2n) is 1.47. The Hall–Kier alpha value is -0.390. The summed E-state index contributed by atoms with van der Waals surface area (Å²) in [5, 5.41) is 2.94. The molecule has 0 aliphatic rings. The van der Waals surface area contributed by atoms with Gasteiger partial charge in [-0.2, -0.15) is 0 Å². The molecule has 4 heteroatoms. The third-order valence-corrected chi connectivity index (χ3v) is 1.69. The van der Waals surface area contributed by atoms with Crippen molar-refractivity contribution in [3.63, 3.8) is 0 Å². The smallest absolute Gasteiger partial charge is 0.142 e. The van der Waals surface area contributed by atoms with Crippen molar-refractivity contribution in [2.45, 2.75) is 0 Å². The van der Waals surface area contributed by atoms with Crippen LogP contribution < -0.4 is 5.32 Å². The van der Waals surface area contributed by atoms with Crippen LogP contribution in [-0.2, 0) is 0 Å². The number of hydrogen-bond acceptors (Lipinski definition) is 3. The number of rotatable bonds is 1. The van der Waals surface area contributed by atoms with Gasteiger partial charge in [0.05, 0.1) is 3.57 Å². The average molecular weight is 235 g/mol. The van der Waals surface area contributed by atoms with E-state index in [2.05, 4.69) is 37.9 Å². The normalized spacial score (nSPS) is 9.11. The van der Waals surface area contributed by atoms with Crippen LogP contribution in [0.1, 0.15) is 0 Å². The van der Waals surface area contributed by atoms with Crippen molar-refractivity contribution in [3.05, 3.63) is 16.1 Å². The fourth-order valence-electron chi connectivity index (χ4n) is 0.497. The van der Waals surface area contributed by atoms with Gasteiger partial charge in [-0.3, -0.25) is 0 Å². The van der Waals surface area contributed by atoms with Crippen LogP contribution in [0.15, 0.2) is 12.5 Å². The van der Waals surface area contributed by atoms with Gasteiger partial charge < -0.3 is 5.32 Å². The molecule has 1 heterocycles. The van der Waals surface area contributed by atoms with E-state index in [9.17, 15) is 0 Å². The lowest BCUT2D eigenvalue weighted by Crippen LogP contribution is -1.94. The largest absolute Gasteiger partial charge is 0.372 e. The fraction of sp³-hybridized carbons (Fsp3) is 0.200. The average Bonchev–Trinajstić information content (AvgIpc) is 1.89. The lowest BCUT2D eigenvalue weighted by molar-refractivity contribution is 1.14. The molecule has 48 valence electrons. The van der Waals surface area contributed by atoms with Crippen molar-refractivity contribution in [2.24, 2.45) is 0 Å². The molecule has 9 heavy (non-hydrogen) atoms. The summed E-state index contributed by atoms with van der Waals surface area (Å²) in [6.45, 7) is 0. The molecule has 3 nitrogen and oxygen atoms in total. The third-order valence-electron chi connectivity index (χ3n) is 0.904. The molecule has 0 saturated heterocycles. The lowest BCUT2D eigenvalue weighted by atomic mass is 10.6. The number of nitrogens with one attached hydrogen (secondary N) is 1. The highest BCUT2D eigenvalue weighted by Crippen LogP contribution is 2.10. The zero-order valence-electron chi connectivity index (χ0n) is 4.93. The monoisotopic (exact) mass is 235 g/mol. The van der Waals surface area contributed by atoms with E-state index in [-0.39, 0.29) is 0 Å². The number of hydrogen-bond donors (Lipinski definition) is 1. The molecule has 0 spiro atoms. The first-order valence-electron chi connectivity index (χ1n) is 2.48. The predicted molar refractivity (Wildman–Crippen MR) is 44.3 cm³/mol. The molecule has 1 aromatic rings. The van der Waals surface area contributed by atoms with Gasteiger partial charge in [-0.25, -0.2) is 9.97 Å². The molecule has 1 rings (SSSR count). The third kappa shape index (κ3) is 1.51. The lowest BCUT2D eigenvalue weighted by Gasteiger charge is -1.97. The number of nitrogens with zero attached hydrogens (tertiary/aromatic N) is 2. The quantitative estimate of drug-likeness (QED) is 0.741. The molecule has 1 aromatic heterocycles. The van der Waals surface area contributed by atoms with Crippen molar-refractivity contribution in [1.29, 1.82) is 0 Å². The van der Waals surface area contributed by atoms with Gasteiger partial charge in [-0.05, 0) is 22.6 Å². The summed E-state index contributed by atoms with van der Waals surface area (Å²) in [6, 6.07) is 0. The zero-order chi connectivity index (χ0) is 6.69. The van der Waals surface area contributed by atoms with Crippen LogP contribution in [-0.4, -0.2) is 17.0 Å². The van der Waals surface area contributed by atoms with E-state index in [1.165, 1.54) is 6.33 Å². The van der Waals surface area contributed by atoms with Gasteiger partial charge in [0.15, 0.2) is 0 Å². The van der Waals surface area contributed by atoms with Crippen LogP contribution in [0.5, 0.6) is 0 Å². The van der Waals surface area contributed by atoms with Crippen LogP contribution in [0.3, 0.4) is 0 Å². The Kier molecular flexibility index (Phi) is 2.21. The van der Waals surface area contributed by atoms with Crippen molar-refractivity contribution in [2.75, 3.05) is 12.4 Å². The maximum atomic E-state index is 3.97. The summed E-state index contributed by atoms with van der Waals surface area (Å²) in [6.07, 6.45) is 3.29. The molecular formula is C5H6IN3. The topological polar surface area (TPSA) is 37.8 Å². The summed E-state index contributed by atoms with van der Waals surface area (Å²) in [5.74, 6) is 0.880. The van der Waals surface area contributed by atoms with Crippen molar-refractivity contribution < 1.29 is 0 Å². The Morgan fingerprint density at radius 1 is 1.67 bits per heavy atom. The first-order valence-corrected chi connectivity index (χ1v) is 3.55. The van der Waals surface area contributed by atoms with Gasteiger partial charge in [0, 0.05) is 13.2 Å². The van der Waals surface area contributed by atoms with Crippen LogP contribution in [0.2, 0.25) is 0 Å². The van der Waals surface area contributed by atoms with Crippen molar-refractivity contribution in [1.82, 2.24) is 9.97 Å². The molecular weight excluding hydrogens is 229 g/mol. The zero-order valence-corrected chi connectivity index (χ0v) is 7.08. The standard InChI is InChI=1S/C5H6IN3/c1-7-5-4(6)2-8-3-9-5/h2-3H,1H3,(H,7,8,9). The van der Waals surface area contributed by atoms with E-state index in [0.29, 0.717) is 0 Å². The van der Waals surface area contributed by atoms with Crippen molar-refractivity contribution in [3.8, 4) is 0 Å². The first-order chi connectivity index (χ1) is 4.34. The minimum atomic E-state index is 0.880. The minimum absolute atomic E-state index is 0.880. The number of aromatic nitrogens is 2. The van der Waals surface area contributed by atoms with E-state index >= 15 is 0 Å². The SMILES string of the molecule is CNc1ncncc1I. The number of anilines is 1. The highest BCUT2D eigenvalue weighted by atomic mass is 127. The van der Waals surface area contributed by atoms with Crippen LogP contribution in [0.25, 0.3) is 0 Å². The molecule has 0 aliphatic carbocycles. The Morgan fingerprint density at radius 2 is 2.44 bits per heavy atom. The minimum Gasteiger partial charge on any atom is -0.372 e. The summed E-state index contributed by atoms with van der Waals surface area (Å²) < 4.78 is 1.04. The molecule has 0 amide bonds. The maximum absolute atomic E-state index is 3.97. The maximum Gasteiger partial charge on any atom is 0.142 e. The Labute approximate surface area is 67.0 Å². The fourth-order valence-corrected chi connectivity index (χ4v) is 1.07. The van der Waals surface area contributed by atoms with Gasteiger partial charge in [0.25, 0.3) is 0 Å². The van der Waals surface area contributed by atoms with Gasteiger partial charge >= 0.3 is 0 Å². The van der Waals surface area contributed by atoms with Gasteiger partial charge in [0.1, 0.15) is 12.1 Å². The van der Waals surface area contributed by atoms with E-state index in [1.54, 1.807) is 6.20 Å². The van der Waals surface area contributed by atoms with Crippen LogP contribution in [0, 0.1) is 3.57 Å². The van der Waals surface area contributed by atoms with E-state index in [1.807, 2.05) is 7.05 Å². The molecule has 0 unspecified atom stereocenters. The molecule has 0 radical (unpaired) electrons. The summed E-state index contributed by atoms with van der Waals surface area (Å²) in [4.78, 5) is 7.80. The molecule has 0 aromatic carbocycles. The summed E-state index contributed by atoms with van der Waals surface area (Å²) in [7, 11) is 1.84. The van der Waals surface area contributed by atoms with E-state index < -0.39 is 0 Å². The van der Waals surface area contributed by atoms with Crippen molar-refractivity contribution >= 4 is 28.4 Å².